The highest BCUT2D eigenvalue weighted by atomic mass is 16.6. The number of carbonyl (C=O) groups excluding carboxylic acids is 2. The average Bonchev–Trinajstić information content (AvgIpc) is 2.98. The number of carbonyl (C=O) groups is 4. The van der Waals surface area contributed by atoms with Crippen molar-refractivity contribution in [1.29, 1.82) is 0 Å². The molecule has 1 fully saturated rings. The number of esters is 2. The zero-order valence-corrected chi connectivity index (χ0v) is 14.6. The molecule has 0 spiro atoms. The second-order valence-electron chi connectivity index (χ2n) is 6.37. The van der Waals surface area contributed by atoms with Crippen molar-refractivity contribution in [3.63, 3.8) is 0 Å². The molecule has 144 valence electrons. The fourth-order valence-electron chi connectivity index (χ4n) is 2.86. The number of carboxylic acid groups (broad SMARTS) is 2. The molecule has 0 saturated heterocycles. The molecule has 0 aromatic heterocycles. The van der Waals surface area contributed by atoms with Crippen molar-refractivity contribution >= 4 is 23.9 Å². The van der Waals surface area contributed by atoms with Crippen molar-refractivity contribution in [2.45, 2.75) is 57.0 Å². The van der Waals surface area contributed by atoms with Crippen LogP contribution in [0.1, 0.15) is 51.4 Å². The fourth-order valence-corrected chi connectivity index (χ4v) is 2.86. The van der Waals surface area contributed by atoms with Crippen molar-refractivity contribution in [1.82, 2.24) is 0 Å². The average molecular weight is 368 g/mol. The molecular weight excluding hydrogens is 344 g/mol. The van der Waals surface area contributed by atoms with Gasteiger partial charge < -0.3 is 19.7 Å². The predicted octanol–water partition coefficient (Wildman–Crippen LogP) is 2.23. The Morgan fingerprint density at radius 1 is 0.885 bits per heavy atom. The van der Waals surface area contributed by atoms with Crippen molar-refractivity contribution in [2.75, 3.05) is 6.61 Å². The molecule has 0 amide bonds. The smallest absolute Gasteiger partial charge is 0.334 e. The van der Waals surface area contributed by atoms with Gasteiger partial charge in [-0.3, -0.25) is 9.59 Å². The van der Waals surface area contributed by atoms with Crippen LogP contribution in [-0.2, 0) is 28.7 Å². The summed E-state index contributed by atoms with van der Waals surface area (Å²) >= 11 is 0. The molecular formula is C18H24O8. The third kappa shape index (κ3) is 7.08. The van der Waals surface area contributed by atoms with E-state index < -0.39 is 42.3 Å². The van der Waals surface area contributed by atoms with Crippen LogP contribution in [0.15, 0.2) is 24.3 Å². The number of rotatable bonds is 11. The Morgan fingerprint density at radius 3 is 1.88 bits per heavy atom. The minimum atomic E-state index is -1.16. The van der Waals surface area contributed by atoms with Crippen molar-refractivity contribution in [2.24, 2.45) is 0 Å². The lowest BCUT2D eigenvalue weighted by molar-refractivity contribution is -0.157. The van der Waals surface area contributed by atoms with E-state index in [1.54, 1.807) is 0 Å². The number of carboxylic acids is 2. The van der Waals surface area contributed by atoms with Crippen LogP contribution in [-0.4, -0.2) is 46.3 Å². The highest BCUT2D eigenvalue weighted by Gasteiger charge is 2.37. The molecule has 8 nitrogen and oxygen atoms in total. The normalized spacial score (nSPS) is 15.1. The Bertz CT molecular complexity index is 598. The lowest BCUT2D eigenvalue weighted by atomic mass is 9.95. The molecule has 8 heteroatoms. The van der Waals surface area contributed by atoms with Crippen LogP contribution in [0, 0.1) is 0 Å². The molecule has 0 aliphatic heterocycles. The van der Waals surface area contributed by atoms with Crippen LogP contribution in [0.25, 0.3) is 0 Å². The highest BCUT2D eigenvalue weighted by molar-refractivity contribution is 5.93. The van der Waals surface area contributed by atoms with Crippen molar-refractivity contribution < 1.29 is 38.9 Å². The summed E-state index contributed by atoms with van der Waals surface area (Å²) < 4.78 is 10.5. The van der Waals surface area contributed by atoms with Gasteiger partial charge in [-0.2, -0.15) is 0 Å². The van der Waals surface area contributed by atoms with Crippen molar-refractivity contribution in [3.05, 3.63) is 24.3 Å². The lowest BCUT2D eigenvalue weighted by Gasteiger charge is -2.29. The molecule has 26 heavy (non-hydrogen) atoms. The summed E-state index contributed by atoms with van der Waals surface area (Å²) in [6, 6.07) is 0. The van der Waals surface area contributed by atoms with Gasteiger partial charge in [0, 0.05) is 11.1 Å². The third-order valence-corrected chi connectivity index (χ3v) is 4.14. The van der Waals surface area contributed by atoms with Crippen LogP contribution in [0.3, 0.4) is 0 Å². The first kappa shape index (κ1) is 21.4. The molecule has 1 rings (SSSR count). The van der Waals surface area contributed by atoms with Gasteiger partial charge in [-0.1, -0.05) is 13.2 Å². The van der Waals surface area contributed by atoms with Gasteiger partial charge >= 0.3 is 23.9 Å². The topological polar surface area (TPSA) is 127 Å². The molecule has 0 radical (unpaired) electrons. The molecule has 1 saturated carbocycles. The first-order chi connectivity index (χ1) is 12.1. The van der Waals surface area contributed by atoms with Gasteiger partial charge in [-0.15, -0.1) is 0 Å². The summed E-state index contributed by atoms with van der Waals surface area (Å²) in [7, 11) is 0. The van der Waals surface area contributed by atoms with Gasteiger partial charge in [0.2, 0.25) is 0 Å². The molecule has 0 heterocycles. The second kappa shape index (κ2) is 9.74. The Labute approximate surface area is 151 Å². The number of ether oxygens (including phenoxy) is 2. The minimum Gasteiger partial charge on any atom is -0.481 e. The van der Waals surface area contributed by atoms with Gasteiger partial charge in [0.15, 0.2) is 0 Å². The summed E-state index contributed by atoms with van der Waals surface area (Å²) in [6.45, 7) is 6.86. The standard InChI is InChI=1S/C18H24O8/c1-12(10-14(19)20)16(23)25-9-5-8-18(6-3-4-7-18)26-17(24)13(2)11-15(21)22/h1-11H2,(H,19,20)(H,21,22). The van der Waals surface area contributed by atoms with E-state index in [1.807, 2.05) is 0 Å². The Kier molecular flexibility index (Phi) is 8.02. The molecule has 0 aromatic carbocycles. The summed E-state index contributed by atoms with van der Waals surface area (Å²) in [6.07, 6.45) is 2.99. The van der Waals surface area contributed by atoms with E-state index >= 15 is 0 Å². The number of hydrogen-bond donors (Lipinski definition) is 2. The zero-order chi connectivity index (χ0) is 19.7. The third-order valence-electron chi connectivity index (χ3n) is 4.14. The molecule has 0 bridgehead atoms. The minimum absolute atomic E-state index is 0.0485. The van der Waals surface area contributed by atoms with Crippen LogP contribution >= 0.6 is 0 Å². The molecule has 1 aliphatic rings. The molecule has 0 aromatic rings. The molecule has 0 unspecified atom stereocenters. The molecule has 1 aliphatic carbocycles. The fraction of sp³-hybridized carbons (Fsp3) is 0.556. The van der Waals surface area contributed by atoms with E-state index in [0.29, 0.717) is 25.7 Å². The highest BCUT2D eigenvalue weighted by Crippen LogP contribution is 2.37. The largest absolute Gasteiger partial charge is 0.481 e. The number of aliphatic carboxylic acids is 2. The Hall–Kier alpha value is -2.64. The summed E-state index contributed by atoms with van der Waals surface area (Å²) in [4.78, 5) is 44.8. The van der Waals surface area contributed by atoms with Gasteiger partial charge in [-0.05, 0) is 38.5 Å². The quantitative estimate of drug-likeness (QED) is 0.323. The maximum Gasteiger partial charge on any atom is 0.334 e. The summed E-state index contributed by atoms with van der Waals surface area (Å²) in [5, 5.41) is 17.3. The van der Waals surface area contributed by atoms with Crippen molar-refractivity contribution in [3.8, 4) is 0 Å². The monoisotopic (exact) mass is 368 g/mol. The van der Waals surface area contributed by atoms with E-state index in [-0.39, 0.29) is 17.8 Å². The van der Waals surface area contributed by atoms with Crippen LogP contribution in [0.5, 0.6) is 0 Å². The Morgan fingerprint density at radius 2 is 1.38 bits per heavy atom. The van der Waals surface area contributed by atoms with E-state index in [0.717, 1.165) is 12.8 Å². The SMILES string of the molecule is C=C(CC(=O)O)C(=O)OCCCC1(OC(=O)C(=C)CC(=O)O)CCCC1. The Balaban J connectivity index is 2.48. The molecule has 0 atom stereocenters. The van der Waals surface area contributed by atoms with E-state index in [1.165, 1.54) is 0 Å². The summed E-state index contributed by atoms with van der Waals surface area (Å²) in [5.74, 6) is -3.80. The van der Waals surface area contributed by atoms with Gasteiger partial charge in [0.05, 0.1) is 19.4 Å². The van der Waals surface area contributed by atoms with E-state index in [4.69, 9.17) is 19.7 Å². The zero-order valence-electron chi connectivity index (χ0n) is 14.6. The van der Waals surface area contributed by atoms with Crippen LogP contribution < -0.4 is 0 Å². The van der Waals surface area contributed by atoms with E-state index in [9.17, 15) is 19.2 Å². The predicted molar refractivity (Wildman–Crippen MR) is 90.3 cm³/mol. The van der Waals surface area contributed by atoms with E-state index in [2.05, 4.69) is 13.2 Å². The molecule has 2 N–H and O–H groups in total. The van der Waals surface area contributed by atoms with Gasteiger partial charge in [0.1, 0.15) is 5.60 Å². The second-order valence-corrected chi connectivity index (χ2v) is 6.37. The first-order valence-electron chi connectivity index (χ1n) is 8.35. The van der Waals surface area contributed by atoms with Gasteiger partial charge in [-0.25, -0.2) is 9.59 Å². The number of hydrogen-bond acceptors (Lipinski definition) is 6. The first-order valence-corrected chi connectivity index (χ1v) is 8.35. The van der Waals surface area contributed by atoms with Crippen LogP contribution in [0.4, 0.5) is 0 Å². The maximum atomic E-state index is 12.0. The maximum absolute atomic E-state index is 12.0. The lowest BCUT2D eigenvalue weighted by Crippen LogP contribution is -2.33. The summed E-state index contributed by atoms with van der Waals surface area (Å²) in [5.41, 5.74) is -0.951. The van der Waals surface area contributed by atoms with Crippen LogP contribution in [0.2, 0.25) is 0 Å². The van der Waals surface area contributed by atoms with Gasteiger partial charge in [0.25, 0.3) is 0 Å².